The fraction of sp³-hybridized carbons (Fsp3) is 0.176. The van der Waals surface area contributed by atoms with Crippen molar-refractivity contribution in [1.82, 2.24) is 10.6 Å². The molecule has 1 atom stereocenters. The number of thiophene rings is 1. The van der Waals surface area contributed by atoms with Gasteiger partial charge in [-0.2, -0.15) is 0 Å². The van der Waals surface area contributed by atoms with Crippen LogP contribution in [0.15, 0.2) is 46.8 Å². The van der Waals surface area contributed by atoms with Gasteiger partial charge in [0.05, 0.1) is 5.71 Å². The van der Waals surface area contributed by atoms with Gasteiger partial charge in [-0.05, 0) is 41.4 Å². The van der Waals surface area contributed by atoms with Gasteiger partial charge in [-0.15, -0.1) is 11.3 Å². The third-order valence-corrected chi connectivity index (χ3v) is 5.56. The molecule has 5 nitrogen and oxygen atoms in total. The minimum Gasteiger partial charge on any atom is -0.300 e. The number of carbonyl (C=O) groups is 2. The summed E-state index contributed by atoms with van der Waals surface area (Å²) in [6.45, 7) is 0. The molecule has 1 spiro atoms. The van der Waals surface area contributed by atoms with E-state index < -0.39 is 23.3 Å². The number of benzene rings is 1. The van der Waals surface area contributed by atoms with Crippen molar-refractivity contribution in [2.75, 3.05) is 0 Å². The summed E-state index contributed by atoms with van der Waals surface area (Å²) in [4.78, 5) is 31.0. The van der Waals surface area contributed by atoms with E-state index in [-0.39, 0.29) is 10.9 Å². The Morgan fingerprint density at radius 3 is 2.44 bits per heavy atom. The predicted molar refractivity (Wildman–Crippen MR) is 96.2 cm³/mol. The van der Waals surface area contributed by atoms with Gasteiger partial charge in [0.25, 0.3) is 11.8 Å². The quantitative estimate of drug-likeness (QED) is 0.626. The number of nitrogens with one attached hydrogen (secondary N) is 2. The van der Waals surface area contributed by atoms with E-state index in [1.54, 1.807) is 12.1 Å². The first-order valence-corrected chi connectivity index (χ1v) is 8.84. The van der Waals surface area contributed by atoms with Crippen molar-refractivity contribution >= 4 is 46.2 Å². The summed E-state index contributed by atoms with van der Waals surface area (Å²) in [7, 11) is 0. The largest absolute Gasteiger partial charge is 0.300 e. The summed E-state index contributed by atoms with van der Waals surface area (Å²) in [6.07, 6.45) is 0.403. The van der Waals surface area contributed by atoms with Gasteiger partial charge in [0.15, 0.2) is 5.11 Å². The molecule has 0 saturated carbocycles. The topological polar surface area (TPSA) is 70.6 Å². The van der Waals surface area contributed by atoms with Gasteiger partial charge in [0.1, 0.15) is 5.82 Å². The maximum absolute atomic E-state index is 13.3. The van der Waals surface area contributed by atoms with E-state index in [4.69, 9.17) is 12.2 Å². The summed E-state index contributed by atoms with van der Waals surface area (Å²) in [5, 5.41) is 6.88. The highest BCUT2D eigenvalue weighted by molar-refractivity contribution is 7.80. The molecule has 1 aromatic carbocycles. The van der Waals surface area contributed by atoms with Crippen molar-refractivity contribution in [2.24, 2.45) is 4.99 Å². The van der Waals surface area contributed by atoms with Gasteiger partial charge in [0.2, 0.25) is 5.54 Å². The second-order valence-electron chi connectivity index (χ2n) is 5.85. The van der Waals surface area contributed by atoms with E-state index in [2.05, 4.69) is 15.6 Å². The summed E-state index contributed by atoms with van der Waals surface area (Å²) in [5.41, 5.74) is -0.281. The highest BCUT2D eigenvalue weighted by atomic mass is 32.1. The Morgan fingerprint density at radius 1 is 1.16 bits per heavy atom. The van der Waals surface area contributed by atoms with E-state index in [1.165, 1.54) is 23.5 Å². The number of aliphatic imine (C=N–C) groups is 1. The number of hydrogen-bond donors (Lipinski definition) is 2. The van der Waals surface area contributed by atoms with Gasteiger partial charge in [-0.3, -0.25) is 14.6 Å². The Morgan fingerprint density at radius 2 is 1.84 bits per heavy atom. The van der Waals surface area contributed by atoms with E-state index in [0.29, 0.717) is 17.7 Å². The second-order valence-corrected chi connectivity index (χ2v) is 7.20. The van der Waals surface area contributed by atoms with Gasteiger partial charge >= 0.3 is 0 Å². The summed E-state index contributed by atoms with van der Waals surface area (Å²) < 4.78 is 13.3. The van der Waals surface area contributed by atoms with E-state index in [1.807, 2.05) is 17.5 Å². The first-order chi connectivity index (χ1) is 12.0. The highest BCUT2D eigenvalue weighted by Gasteiger charge is 2.59. The molecular formula is C17H12FN3O2S2. The molecular weight excluding hydrogens is 361 g/mol. The summed E-state index contributed by atoms with van der Waals surface area (Å²) in [6, 6.07) is 9.58. The molecule has 2 aromatic rings. The van der Waals surface area contributed by atoms with Gasteiger partial charge in [0, 0.05) is 17.2 Å². The first-order valence-electron chi connectivity index (χ1n) is 7.55. The van der Waals surface area contributed by atoms with Crippen molar-refractivity contribution < 1.29 is 14.0 Å². The van der Waals surface area contributed by atoms with Crippen LogP contribution in [-0.2, 0) is 9.59 Å². The number of nitrogens with zero attached hydrogens (tertiary/aromatic N) is 1. The highest BCUT2D eigenvalue weighted by Crippen LogP contribution is 2.43. The average molecular weight is 373 g/mol. The van der Waals surface area contributed by atoms with Crippen molar-refractivity contribution in [3.8, 4) is 0 Å². The van der Waals surface area contributed by atoms with Crippen LogP contribution in [0.1, 0.15) is 22.8 Å². The number of carbonyl (C=O) groups excluding carboxylic acids is 2. The lowest BCUT2D eigenvalue weighted by Gasteiger charge is -2.34. The molecule has 126 valence electrons. The Balaban J connectivity index is 1.85. The van der Waals surface area contributed by atoms with Crippen molar-refractivity contribution in [3.05, 3.63) is 58.0 Å². The van der Waals surface area contributed by atoms with Crippen molar-refractivity contribution in [2.45, 2.75) is 17.9 Å². The fourth-order valence-corrected chi connectivity index (χ4v) is 4.19. The van der Waals surface area contributed by atoms with Crippen LogP contribution in [0.3, 0.4) is 0 Å². The van der Waals surface area contributed by atoms with E-state index in [9.17, 15) is 14.0 Å². The molecule has 3 heterocycles. The van der Waals surface area contributed by atoms with Crippen LogP contribution in [0.25, 0.3) is 0 Å². The standard InChI is InChI=1S/C17H12FN3O2S2/c18-10-5-3-9(4-6-10)11-8-12(13-2-1-7-25-13)21-17(11)14(22)19-16(24)20-15(17)23/h1-7,11H,8H2,(H2,19,20,22,23,24). The monoisotopic (exact) mass is 373 g/mol. The average Bonchev–Trinajstić information content (AvgIpc) is 3.22. The maximum atomic E-state index is 13.3. The summed E-state index contributed by atoms with van der Waals surface area (Å²) in [5.74, 6) is -2.02. The molecule has 2 N–H and O–H groups in total. The van der Waals surface area contributed by atoms with Crippen LogP contribution in [-0.4, -0.2) is 28.2 Å². The lowest BCUT2D eigenvalue weighted by atomic mass is 9.77. The molecule has 1 fully saturated rings. The molecule has 25 heavy (non-hydrogen) atoms. The Labute approximate surface area is 152 Å². The van der Waals surface area contributed by atoms with Crippen LogP contribution in [0.4, 0.5) is 4.39 Å². The smallest absolute Gasteiger partial charge is 0.264 e. The normalized spacial score (nSPS) is 21.9. The van der Waals surface area contributed by atoms with Crippen LogP contribution in [0.2, 0.25) is 0 Å². The van der Waals surface area contributed by atoms with Crippen LogP contribution >= 0.6 is 23.6 Å². The third-order valence-electron chi connectivity index (χ3n) is 4.44. The van der Waals surface area contributed by atoms with Crippen LogP contribution < -0.4 is 10.6 Å². The lowest BCUT2D eigenvalue weighted by Crippen LogP contribution is -2.66. The minimum atomic E-state index is -1.64. The molecule has 1 aromatic heterocycles. The first kappa shape index (κ1) is 16.0. The van der Waals surface area contributed by atoms with Gasteiger partial charge < -0.3 is 10.6 Å². The number of amides is 2. The Hall–Kier alpha value is -2.45. The molecule has 1 unspecified atom stereocenters. The van der Waals surface area contributed by atoms with Crippen molar-refractivity contribution in [3.63, 3.8) is 0 Å². The molecule has 2 aliphatic rings. The van der Waals surface area contributed by atoms with Crippen LogP contribution in [0.5, 0.6) is 0 Å². The molecule has 2 amide bonds. The number of rotatable bonds is 2. The molecule has 0 bridgehead atoms. The summed E-state index contributed by atoms with van der Waals surface area (Å²) >= 11 is 6.39. The SMILES string of the molecule is O=C1NC(=S)NC(=O)C12N=C(c1cccs1)CC2c1ccc(F)cc1. The molecule has 8 heteroatoms. The molecule has 4 rings (SSSR count). The Kier molecular flexibility index (Phi) is 3.73. The van der Waals surface area contributed by atoms with Crippen LogP contribution in [0, 0.1) is 5.82 Å². The second kappa shape index (κ2) is 5.82. The van der Waals surface area contributed by atoms with E-state index in [0.717, 1.165) is 4.88 Å². The minimum absolute atomic E-state index is 0.0294. The van der Waals surface area contributed by atoms with Gasteiger partial charge in [-0.25, -0.2) is 4.39 Å². The lowest BCUT2D eigenvalue weighted by molar-refractivity contribution is -0.137. The van der Waals surface area contributed by atoms with Gasteiger partial charge in [-0.1, -0.05) is 18.2 Å². The molecule has 0 radical (unpaired) electrons. The zero-order valence-corrected chi connectivity index (χ0v) is 14.4. The van der Waals surface area contributed by atoms with E-state index >= 15 is 0 Å². The predicted octanol–water partition coefficient (Wildman–Crippen LogP) is 2.13. The number of hydrogen-bond acceptors (Lipinski definition) is 5. The Bertz CT molecular complexity index is 886. The number of halogens is 1. The molecule has 2 aliphatic heterocycles. The number of thiocarbonyl (C=S) groups is 1. The fourth-order valence-electron chi connectivity index (χ4n) is 3.28. The zero-order chi connectivity index (χ0) is 17.6. The maximum Gasteiger partial charge on any atom is 0.264 e. The van der Waals surface area contributed by atoms with Crippen molar-refractivity contribution in [1.29, 1.82) is 0 Å². The third kappa shape index (κ3) is 2.49. The zero-order valence-electron chi connectivity index (χ0n) is 12.8. The molecule has 1 saturated heterocycles. The molecule has 0 aliphatic carbocycles.